The SMILES string of the molecule is Cc1nc2sc(C(=O)NCCC3=CCCCC3)c(N)c2c(-c2ccc(Br)cc2)c1C(=O)Nc1ccc(Cl)cc1. The highest BCUT2D eigenvalue weighted by atomic mass is 79.9. The third-order valence-corrected chi connectivity index (χ3v) is 8.72. The molecule has 39 heavy (non-hydrogen) atoms. The van der Waals surface area contributed by atoms with Crippen LogP contribution in [0.3, 0.4) is 0 Å². The number of benzene rings is 2. The Morgan fingerprint density at radius 1 is 1.08 bits per heavy atom. The summed E-state index contributed by atoms with van der Waals surface area (Å²) in [6, 6.07) is 14.6. The zero-order chi connectivity index (χ0) is 27.5. The molecule has 0 fully saturated rings. The number of nitrogens with zero attached hydrogens (tertiary/aromatic N) is 1. The fraction of sp³-hybridized carbons (Fsp3) is 0.233. The van der Waals surface area contributed by atoms with E-state index in [1.165, 1.54) is 29.8 Å². The number of anilines is 2. The molecule has 1 aliphatic rings. The number of allylic oxidation sites excluding steroid dienone is 1. The summed E-state index contributed by atoms with van der Waals surface area (Å²) in [5.41, 5.74) is 11.4. The number of hydrogen-bond donors (Lipinski definition) is 3. The van der Waals surface area contributed by atoms with Gasteiger partial charge in [0.15, 0.2) is 0 Å². The highest BCUT2D eigenvalue weighted by molar-refractivity contribution is 9.10. The first-order valence-electron chi connectivity index (χ1n) is 12.8. The number of amides is 2. The number of thiophene rings is 1. The monoisotopic (exact) mass is 622 g/mol. The van der Waals surface area contributed by atoms with Gasteiger partial charge in [-0.05, 0) is 81.0 Å². The van der Waals surface area contributed by atoms with Crippen molar-refractivity contribution < 1.29 is 9.59 Å². The second-order valence-corrected chi connectivity index (χ2v) is 11.9. The third-order valence-electron chi connectivity index (χ3n) is 6.84. The van der Waals surface area contributed by atoms with Crippen molar-refractivity contribution in [3.63, 3.8) is 0 Å². The molecule has 200 valence electrons. The van der Waals surface area contributed by atoms with Gasteiger partial charge in [0.05, 0.1) is 16.9 Å². The van der Waals surface area contributed by atoms with Gasteiger partial charge < -0.3 is 16.4 Å². The van der Waals surface area contributed by atoms with Gasteiger partial charge in [-0.2, -0.15) is 0 Å². The van der Waals surface area contributed by atoms with Gasteiger partial charge >= 0.3 is 0 Å². The van der Waals surface area contributed by atoms with E-state index in [1.54, 1.807) is 31.2 Å². The number of pyridine rings is 1. The number of hydrogen-bond acceptors (Lipinski definition) is 5. The molecule has 2 aromatic carbocycles. The number of aryl methyl sites for hydroxylation is 1. The fourth-order valence-electron chi connectivity index (χ4n) is 4.89. The molecule has 6 nitrogen and oxygen atoms in total. The van der Waals surface area contributed by atoms with Crippen LogP contribution < -0.4 is 16.4 Å². The van der Waals surface area contributed by atoms with Crippen molar-refractivity contribution in [3.8, 4) is 11.1 Å². The molecule has 0 bridgehead atoms. The lowest BCUT2D eigenvalue weighted by Crippen LogP contribution is -2.24. The standard InChI is InChI=1S/C30H28BrClN4O2S/c1-17-23(28(37)36-22-13-11-21(32)12-14-22)24(19-7-9-20(31)10-8-19)25-26(33)27(39-30(25)35-17)29(38)34-16-15-18-5-3-2-4-6-18/h5,7-14H,2-4,6,15-16,33H2,1H3,(H,34,38)(H,36,37). The Hall–Kier alpha value is -3.20. The molecule has 0 saturated heterocycles. The zero-order valence-electron chi connectivity index (χ0n) is 21.4. The highest BCUT2D eigenvalue weighted by Gasteiger charge is 2.26. The van der Waals surface area contributed by atoms with Crippen LogP contribution in [0.2, 0.25) is 5.02 Å². The number of aromatic nitrogens is 1. The van der Waals surface area contributed by atoms with E-state index in [9.17, 15) is 9.59 Å². The fourth-order valence-corrected chi connectivity index (χ4v) is 6.35. The van der Waals surface area contributed by atoms with E-state index in [0.29, 0.717) is 54.9 Å². The van der Waals surface area contributed by atoms with Crippen LogP contribution in [0.25, 0.3) is 21.3 Å². The van der Waals surface area contributed by atoms with E-state index in [-0.39, 0.29) is 11.8 Å². The molecular weight excluding hydrogens is 596 g/mol. The molecular formula is C30H28BrClN4O2S. The topological polar surface area (TPSA) is 97.1 Å². The lowest BCUT2D eigenvalue weighted by Gasteiger charge is -2.15. The Morgan fingerprint density at radius 3 is 2.51 bits per heavy atom. The summed E-state index contributed by atoms with van der Waals surface area (Å²) < 4.78 is 0.909. The largest absolute Gasteiger partial charge is 0.397 e. The van der Waals surface area contributed by atoms with Crippen molar-refractivity contribution >= 4 is 72.3 Å². The van der Waals surface area contributed by atoms with E-state index < -0.39 is 0 Å². The molecule has 0 unspecified atom stereocenters. The third kappa shape index (κ3) is 6.03. The van der Waals surface area contributed by atoms with Gasteiger partial charge in [0, 0.05) is 32.7 Å². The van der Waals surface area contributed by atoms with Crippen molar-refractivity contribution in [2.75, 3.05) is 17.6 Å². The van der Waals surface area contributed by atoms with Crippen molar-refractivity contribution in [1.29, 1.82) is 0 Å². The van der Waals surface area contributed by atoms with Gasteiger partial charge in [-0.3, -0.25) is 9.59 Å². The molecule has 0 spiro atoms. The smallest absolute Gasteiger partial charge is 0.263 e. The van der Waals surface area contributed by atoms with Crippen LogP contribution in [0.1, 0.15) is 57.8 Å². The number of nitrogen functional groups attached to an aromatic ring is 1. The Balaban J connectivity index is 1.54. The average Bonchev–Trinajstić information content (AvgIpc) is 3.26. The van der Waals surface area contributed by atoms with Crippen LogP contribution in [0.5, 0.6) is 0 Å². The Morgan fingerprint density at radius 2 is 1.82 bits per heavy atom. The molecule has 4 aromatic rings. The Bertz CT molecular complexity index is 1580. The number of halogens is 2. The van der Waals surface area contributed by atoms with E-state index >= 15 is 0 Å². The first kappa shape index (κ1) is 27.4. The van der Waals surface area contributed by atoms with Crippen molar-refractivity contribution in [2.45, 2.75) is 39.0 Å². The summed E-state index contributed by atoms with van der Waals surface area (Å²) in [5, 5.41) is 7.17. The molecule has 0 saturated carbocycles. The summed E-state index contributed by atoms with van der Waals surface area (Å²) >= 11 is 10.8. The highest BCUT2D eigenvalue weighted by Crippen LogP contribution is 2.42. The van der Waals surface area contributed by atoms with Crippen molar-refractivity contribution in [3.05, 3.63) is 85.8 Å². The number of carbonyl (C=O) groups is 2. The molecule has 0 radical (unpaired) electrons. The molecule has 0 aliphatic heterocycles. The maximum Gasteiger partial charge on any atom is 0.263 e. The number of fused-ring (bicyclic) bond motifs is 1. The molecule has 4 N–H and O–H groups in total. The quantitative estimate of drug-likeness (QED) is 0.181. The van der Waals surface area contributed by atoms with Crippen LogP contribution in [-0.4, -0.2) is 23.3 Å². The van der Waals surface area contributed by atoms with Gasteiger partial charge in [-0.25, -0.2) is 4.98 Å². The lowest BCUT2D eigenvalue weighted by molar-refractivity contribution is 0.0958. The second kappa shape index (κ2) is 11.9. The molecule has 2 aromatic heterocycles. The summed E-state index contributed by atoms with van der Waals surface area (Å²) in [6.07, 6.45) is 7.79. The van der Waals surface area contributed by atoms with Crippen molar-refractivity contribution in [2.24, 2.45) is 0 Å². The van der Waals surface area contributed by atoms with E-state index in [1.807, 2.05) is 24.3 Å². The Kier molecular flexibility index (Phi) is 8.35. The minimum absolute atomic E-state index is 0.224. The summed E-state index contributed by atoms with van der Waals surface area (Å²) in [6.45, 7) is 2.35. The van der Waals surface area contributed by atoms with E-state index in [0.717, 1.165) is 29.3 Å². The first-order valence-corrected chi connectivity index (χ1v) is 14.8. The summed E-state index contributed by atoms with van der Waals surface area (Å²) in [4.78, 5) is 32.6. The van der Waals surface area contributed by atoms with E-state index in [2.05, 4.69) is 32.6 Å². The van der Waals surface area contributed by atoms with Gasteiger partial charge in [-0.1, -0.05) is 51.3 Å². The zero-order valence-corrected chi connectivity index (χ0v) is 24.6. The molecule has 2 heterocycles. The van der Waals surface area contributed by atoms with Crippen molar-refractivity contribution in [1.82, 2.24) is 10.3 Å². The maximum atomic E-state index is 13.7. The predicted molar refractivity (Wildman–Crippen MR) is 165 cm³/mol. The molecule has 5 rings (SSSR count). The van der Waals surface area contributed by atoms with Gasteiger partial charge in [0.1, 0.15) is 9.71 Å². The van der Waals surface area contributed by atoms with Crippen LogP contribution in [0.4, 0.5) is 11.4 Å². The normalized spacial score (nSPS) is 13.3. The molecule has 2 amide bonds. The minimum Gasteiger partial charge on any atom is -0.397 e. The van der Waals surface area contributed by atoms with Gasteiger partial charge in [0.25, 0.3) is 11.8 Å². The number of rotatable bonds is 7. The second-order valence-electron chi connectivity index (χ2n) is 9.55. The molecule has 9 heteroatoms. The number of nitrogens with one attached hydrogen (secondary N) is 2. The predicted octanol–water partition coefficient (Wildman–Crippen LogP) is 8.14. The lowest BCUT2D eigenvalue weighted by atomic mass is 9.94. The minimum atomic E-state index is -0.320. The van der Waals surface area contributed by atoms with Crippen LogP contribution >= 0.6 is 38.9 Å². The van der Waals surface area contributed by atoms with Crippen LogP contribution in [-0.2, 0) is 0 Å². The molecule has 0 atom stereocenters. The first-order chi connectivity index (χ1) is 18.8. The number of carbonyl (C=O) groups excluding carboxylic acids is 2. The van der Waals surface area contributed by atoms with Crippen LogP contribution in [0.15, 0.2) is 64.7 Å². The average molecular weight is 624 g/mol. The van der Waals surface area contributed by atoms with Gasteiger partial charge in [0.2, 0.25) is 0 Å². The molecule has 1 aliphatic carbocycles. The van der Waals surface area contributed by atoms with Gasteiger partial charge in [-0.15, -0.1) is 11.3 Å². The van der Waals surface area contributed by atoms with Crippen LogP contribution in [0, 0.1) is 6.92 Å². The number of nitrogens with two attached hydrogens (primary N) is 1. The summed E-state index contributed by atoms with van der Waals surface area (Å²) in [7, 11) is 0. The summed E-state index contributed by atoms with van der Waals surface area (Å²) in [5.74, 6) is -0.544. The van der Waals surface area contributed by atoms with E-state index in [4.69, 9.17) is 22.3 Å². The maximum absolute atomic E-state index is 13.7. The Labute approximate surface area is 244 Å².